The number of halogens is 1. The van der Waals surface area contributed by atoms with E-state index in [1.54, 1.807) is 12.2 Å². The molecule has 0 aliphatic heterocycles. The van der Waals surface area contributed by atoms with Gasteiger partial charge in [0, 0.05) is 0 Å². The number of hydrogen-bond donors (Lipinski definition) is 0. The highest BCUT2D eigenvalue weighted by molar-refractivity contribution is 9.10. The predicted molar refractivity (Wildman–Crippen MR) is 45.2 cm³/mol. The van der Waals surface area contributed by atoms with Crippen molar-refractivity contribution in [3.05, 3.63) is 23.8 Å². The van der Waals surface area contributed by atoms with E-state index >= 15 is 0 Å². The first-order chi connectivity index (χ1) is 4.52. The summed E-state index contributed by atoms with van der Waals surface area (Å²) in [7, 11) is 0. The molecule has 0 amide bonds. The summed E-state index contributed by atoms with van der Waals surface area (Å²) in [6, 6.07) is 0. The molecule has 0 aromatic heterocycles. The predicted octanol–water partition coefficient (Wildman–Crippen LogP) is 2.23. The van der Waals surface area contributed by atoms with Crippen LogP contribution in [0.3, 0.4) is 0 Å². The maximum atomic E-state index is 10.8. The van der Waals surface area contributed by atoms with Gasteiger partial charge in [0.05, 0.1) is 4.32 Å². The van der Waals surface area contributed by atoms with E-state index in [2.05, 4.69) is 15.9 Å². The Morgan fingerprint density at radius 3 is 2.60 bits per heavy atom. The van der Waals surface area contributed by atoms with E-state index in [0.717, 1.165) is 5.57 Å². The lowest BCUT2D eigenvalue weighted by Gasteiger charge is -2.21. The molecule has 1 aliphatic rings. The molecule has 0 N–H and O–H groups in total. The van der Waals surface area contributed by atoms with Crippen LogP contribution in [0.4, 0.5) is 0 Å². The smallest absolute Gasteiger partial charge is 0.178 e. The van der Waals surface area contributed by atoms with Crippen LogP contribution in [0, 0.1) is 0 Å². The van der Waals surface area contributed by atoms with E-state index in [1.165, 1.54) is 0 Å². The molecule has 0 saturated heterocycles. The van der Waals surface area contributed by atoms with Gasteiger partial charge < -0.3 is 0 Å². The van der Waals surface area contributed by atoms with Gasteiger partial charge in [0.2, 0.25) is 0 Å². The zero-order valence-corrected chi connectivity index (χ0v) is 7.60. The highest BCUT2D eigenvalue weighted by atomic mass is 79.9. The second kappa shape index (κ2) is 2.35. The quantitative estimate of drug-likeness (QED) is 0.549. The van der Waals surface area contributed by atoms with Crippen molar-refractivity contribution in [1.29, 1.82) is 0 Å². The second-order valence-corrected chi connectivity index (χ2v) is 4.29. The monoisotopic (exact) mass is 200 g/mol. The van der Waals surface area contributed by atoms with Gasteiger partial charge >= 0.3 is 0 Å². The molecular formula is C8H9BrO. The lowest BCUT2D eigenvalue weighted by molar-refractivity contribution is -0.110. The summed E-state index contributed by atoms with van der Waals surface area (Å²) in [5.41, 5.74) is 1.06. The fraction of sp³-hybridized carbons (Fsp3) is 0.375. The van der Waals surface area contributed by atoms with Gasteiger partial charge in [0.15, 0.2) is 5.78 Å². The van der Waals surface area contributed by atoms with Gasteiger partial charge in [-0.05, 0) is 31.6 Å². The van der Waals surface area contributed by atoms with Crippen LogP contribution in [0.15, 0.2) is 23.8 Å². The molecule has 0 spiro atoms. The van der Waals surface area contributed by atoms with Crippen LogP contribution in [0.5, 0.6) is 0 Å². The molecule has 0 radical (unpaired) electrons. The van der Waals surface area contributed by atoms with E-state index in [0.29, 0.717) is 0 Å². The van der Waals surface area contributed by atoms with Gasteiger partial charge in [0.1, 0.15) is 0 Å². The van der Waals surface area contributed by atoms with Crippen molar-refractivity contribution in [3.63, 3.8) is 0 Å². The number of carbonyl (C=O) groups excluding carboxylic acids is 1. The molecule has 2 heteroatoms. The number of hydrogen-bond acceptors (Lipinski definition) is 1. The first-order valence-corrected chi connectivity index (χ1v) is 3.92. The van der Waals surface area contributed by atoms with E-state index in [4.69, 9.17) is 0 Å². The average Bonchev–Trinajstić information content (AvgIpc) is 1.81. The maximum absolute atomic E-state index is 10.8. The van der Waals surface area contributed by atoms with E-state index in [-0.39, 0.29) is 10.1 Å². The fourth-order valence-corrected chi connectivity index (χ4v) is 1.02. The Hall–Kier alpha value is -0.370. The minimum Gasteiger partial charge on any atom is -0.290 e. The largest absolute Gasteiger partial charge is 0.290 e. The van der Waals surface area contributed by atoms with Gasteiger partial charge in [-0.1, -0.05) is 22.0 Å². The van der Waals surface area contributed by atoms with Crippen molar-refractivity contribution in [2.24, 2.45) is 0 Å². The van der Waals surface area contributed by atoms with Crippen molar-refractivity contribution in [2.45, 2.75) is 18.2 Å². The molecule has 0 bridgehead atoms. The Kier molecular flexibility index (Phi) is 1.82. The van der Waals surface area contributed by atoms with Crippen LogP contribution in [-0.2, 0) is 4.79 Å². The van der Waals surface area contributed by atoms with Gasteiger partial charge in [-0.3, -0.25) is 4.79 Å². The summed E-state index contributed by atoms with van der Waals surface area (Å²) in [4.78, 5) is 10.8. The van der Waals surface area contributed by atoms with Crippen molar-refractivity contribution in [3.8, 4) is 0 Å². The lowest BCUT2D eigenvalue weighted by Crippen LogP contribution is -2.18. The number of ketones is 1. The highest BCUT2D eigenvalue weighted by Crippen LogP contribution is 2.30. The summed E-state index contributed by atoms with van der Waals surface area (Å²) in [5.74, 6) is 0.0782. The molecule has 1 atom stereocenters. The molecule has 0 saturated carbocycles. The highest BCUT2D eigenvalue weighted by Gasteiger charge is 2.22. The maximum Gasteiger partial charge on any atom is 0.178 e. The zero-order chi connectivity index (χ0) is 7.78. The molecule has 1 nitrogen and oxygen atoms in total. The molecule has 10 heavy (non-hydrogen) atoms. The SMILES string of the molecule is CC1=CC(=O)C=CC1(C)Br. The fourth-order valence-electron chi connectivity index (χ4n) is 0.773. The van der Waals surface area contributed by atoms with Crippen LogP contribution in [-0.4, -0.2) is 10.1 Å². The van der Waals surface area contributed by atoms with Crippen molar-refractivity contribution in [1.82, 2.24) is 0 Å². The van der Waals surface area contributed by atoms with Crippen LogP contribution >= 0.6 is 15.9 Å². The van der Waals surface area contributed by atoms with Crippen LogP contribution < -0.4 is 0 Å². The standard InChI is InChI=1S/C8H9BrO/c1-6-5-7(10)3-4-8(6,2)9/h3-5H,1-2H3. The minimum atomic E-state index is -0.110. The van der Waals surface area contributed by atoms with Gasteiger partial charge in [-0.25, -0.2) is 0 Å². The van der Waals surface area contributed by atoms with Crippen LogP contribution in [0.1, 0.15) is 13.8 Å². The Bertz CT molecular complexity index is 223. The molecule has 0 fully saturated rings. The van der Waals surface area contributed by atoms with Crippen molar-refractivity contribution < 1.29 is 4.79 Å². The topological polar surface area (TPSA) is 17.1 Å². The van der Waals surface area contributed by atoms with Crippen LogP contribution in [0.25, 0.3) is 0 Å². The molecule has 1 rings (SSSR count). The normalized spacial score (nSPS) is 32.3. The lowest BCUT2D eigenvalue weighted by atomic mass is 9.96. The summed E-state index contributed by atoms with van der Waals surface area (Å²) < 4.78 is -0.110. The molecule has 0 aromatic rings. The van der Waals surface area contributed by atoms with E-state index in [9.17, 15) is 4.79 Å². The number of carbonyl (C=O) groups is 1. The van der Waals surface area contributed by atoms with Crippen molar-refractivity contribution in [2.75, 3.05) is 0 Å². The summed E-state index contributed by atoms with van der Waals surface area (Å²) in [6.07, 6.45) is 5.10. The first-order valence-electron chi connectivity index (χ1n) is 3.13. The third-order valence-electron chi connectivity index (χ3n) is 1.69. The van der Waals surface area contributed by atoms with Crippen molar-refractivity contribution >= 4 is 21.7 Å². The number of allylic oxidation sites excluding steroid dienone is 4. The Labute approximate surface area is 68.9 Å². The Morgan fingerprint density at radius 1 is 1.60 bits per heavy atom. The number of alkyl halides is 1. The summed E-state index contributed by atoms with van der Waals surface area (Å²) in [5, 5.41) is 0. The molecule has 0 heterocycles. The van der Waals surface area contributed by atoms with Gasteiger partial charge in [-0.2, -0.15) is 0 Å². The summed E-state index contributed by atoms with van der Waals surface area (Å²) in [6.45, 7) is 3.96. The average molecular weight is 201 g/mol. The number of rotatable bonds is 0. The van der Waals surface area contributed by atoms with E-state index in [1.807, 2.05) is 19.9 Å². The summed E-state index contributed by atoms with van der Waals surface area (Å²) >= 11 is 3.48. The first kappa shape index (κ1) is 7.73. The molecule has 0 aromatic carbocycles. The van der Waals surface area contributed by atoms with E-state index < -0.39 is 0 Å². The van der Waals surface area contributed by atoms with Gasteiger partial charge in [-0.15, -0.1) is 0 Å². The molecular weight excluding hydrogens is 192 g/mol. The second-order valence-electron chi connectivity index (χ2n) is 2.64. The Balaban J connectivity index is 2.97. The van der Waals surface area contributed by atoms with Gasteiger partial charge in [0.25, 0.3) is 0 Å². The molecule has 1 unspecified atom stereocenters. The Morgan fingerprint density at radius 2 is 2.20 bits per heavy atom. The zero-order valence-electron chi connectivity index (χ0n) is 6.02. The molecule has 54 valence electrons. The third kappa shape index (κ3) is 1.37. The minimum absolute atomic E-state index is 0.0782. The van der Waals surface area contributed by atoms with Crippen LogP contribution in [0.2, 0.25) is 0 Å². The molecule has 1 aliphatic carbocycles. The third-order valence-corrected chi connectivity index (χ3v) is 2.58.